The van der Waals surface area contributed by atoms with Crippen LogP contribution in [0, 0.1) is 5.41 Å². The average molecular weight is 352 g/mol. The van der Waals surface area contributed by atoms with Gasteiger partial charge in [-0.2, -0.15) is 5.10 Å². The predicted molar refractivity (Wildman–Crippen MR) is 92.6 cm³/mol. The van der Waals surface area contributed by atoms with Gasteiger partial charge in [0.1, 0.15) is 21.8 Å². The fourth-order valence-electron chi connectivity index (χ4n) is 3.46. The Morgan fingerprint density at radius 1 is 1.42 bits per heavy atom. The molecule has 1 aliphatic carbocycles. The summed E-state index contributed by atoms with van der Waals surface area (Å²) in [6.07, 6.45) is 3.19. The number of rotatable bonds is 1. The van der Waals surface area contributed by atoms with Crippen LogP contribution < -0.4 is 0 Å². The Kier molecular flexibility index (Phi) is 4.16. The molecule has 24 heavy (non-hydrogen) atoms. The van der Waals surface area contributed by atoms with Gasteiger partial charge in [0.15, 0.2) is 0 Å². The SMILES string of the molecule is Cn1cc2c(n1)CC1(CCN(C(=O)O)CC1)/C2=N\[S@+]([O-])C(C)(C)C. The van der Waals surface area contributed by atoms with Crippen molar-refractivity contribution in [2.24, 2.45) is 16.9 Å². The summed E-state index contributed by atoms with van der Waals surface area (Å²) in [7, 11) is 1.87. The highest BCUT2D eigenvalue weighted by molar-refractivity contribution is 7.91. The van der Waals surface area contributed by atoms with Gasteiger partial charge in [-0.3, -0.25) is 4.68 Å². The molecule has 0 bridgehead atoms. The quantitative estimate of drug-likeness (QED) is 0.782. The zero-order valence-corrected chi connectivity index (χ0v) is 15.4. The van der Waals surface area contributed by atoms with Gasteiger partial charge < -0.3 is 14.6 Å². The molecular weight excluding hydrogens is 328 g/mol. The van der Waals surface area contributed by atoms with Crippen LogP contribution in [0.1, 0.15) is 44.9 Å². The highest BCUT2D eigenvalue weighted by atomic mass is 32.2. The topological polar surface area (TPSA) is 93.8 Å². The summed E-state index contributed by atoms with van der Waals surface area (Å²) in [6, 6.07) is 0. The van der Waals surface area contributed by atoms with Crippen molar-refractivity contribution in [1.82, 2.24) is 14.7 Å². The number of piperidine rings is 1. The minimum absolute atomic E-state index is 0.237. The van der Waals surface area contributed by atoms with Crippen molar-refractivity contribution in [3.63, 3.8) is 0 Å². The number of amides is 1. The van der Waals surface area contributed by atoms with Crippen molar-refractivity contribution in [3.8, 4) is 0 Å². The minimum Gasteiger partial charge on any atom is -0.591 e. The Hall–Kier alpha value is -1.54. The zero-order chi connectivity index (χ0) is 17.7. The summed E-state index contributed by atoms with van der Waals surface area (Å²) in [6.45, 7) is 6.68. The summed E-state index contributed by atoms with van der Waals surface area (Å²) in [5.74, 6) is 0. The monoisotopic (exact) mass is 352 g/mol. The third kappa shape index (κ3) is 2.93. The molecule has 2 heterocycles. The lowest BCUT2D eigenvalue weighted by Gasteiger charge is -2.38. The highest BCUT2D eigenvalue weighted by Gasteiger charge is 2.49. The van der Waals surface area contributed by atoms with Crippen molar-refractivity contribution >= 4 is 23.2 Å². The number of fused-ring (bicyclic) bond motifs is 1. The van der Waals surface area contributed by atoms with Crippen LogP contribution in [-0.2, 0) is 24.8 Å². The molecule has 0 radical (unpaired) electrons. The smallest absolute Gasteiger partial charge is 0.407 e. The van der Waals surface area contributed by atoms with E-state index in [1.54, 1.807) is 4.68 Å². The van der Waals surface area contributed by atoms with E-state index in [1.807, 2.05) is 34.0 Å². The maximum absolute atomic E-state index is 12.6. The highest BCUT2D eigenvalue weighted by Crippen LogP contribution is 2.45. The van der Waals surface area contributed by atoms with Crippen LogP contribution in [0.3, 0.4) is 0 Å². The first kappa shape index (κ1) is 17.3. The summed E-state index contributed by atoms with van der Waals surface area (Å²) in [5, 5.41) is 13.7. The number of aryl methyl sites for hydroxylation is 1. The zero-order valence-electron chi connectivity index (χ0n) is 14.6. The fourth-order valence-corrected chi connectivity index (χ4v) is 4.19. The number of hydrogen-bond acceptors (Lipinski definition) is 4. The Balaban J connectivity index is 1.96. The molecule has 3 rings (SSSR count). The molecular formula is C16H24N4O3S. The minimum atomic E-state index is -1.35. The van der Waals surface area contributed by atoms with E-state index in [4.69, 9.17) is 0 Å². The van der Waals surface area contributed by atoms with Crippen molar-refractivity contribution in [2.45, 2.75) is 44.8 Å². The first-order valence-corrected chi connectivity index (χ1v) is 9.25. The van der Waals surface area contributed by atoms with Gasteiger partial charge in [0.05, 0.1) is 5.69 Å². The molecule has 1 aromatic rings. The molecule has 1 N–H and O–H groups in total. The van der Waals surface area contributed by atoms with Crippen LogP contribution in [0.4, 0.5) is 4.79 Å². The van der Waals surface area contributed by atoms with Gasteiger partial charge in [-0.15, -0.1) is 0 Å². The second kappa shape index (κ2) is 5.77. The number of carboxylic acid groups (broad SMARTS) is 1. The maximum atomic E-state index is 12.6. The van der Waals surface area contributed by atoms with Gasteiger partial charge in [0.25, 0.3) is 0 Å². The van der Waals surface area contributed by atoms with Crippen molar-refractivity contribution in [1.29, 1.82) is 0 Å². The van der Waals surface area contributed by atoms with Gasteiger partial charge in [0.2, 0.25) is 0 Å². The summed E-state index contributed by atoms with van der Waals surface area (Å²) < 4.78 is 18.6. The first-order chi connectivity index (χ1) is 11.1. The number of nitrogens with zero attached hydrogens (tertiary/aromatic N) is 4. The lowest BCUT2D eigenvalue weighted by atomic mass is 9.75. The van der Waals surface area contributed by atoms with Gasteiger partial charge in [-0.1, -0.05) is 4.40 Å². The molecule has 2 aliphatic rings. The van der Waals surface area contributed by atoms with Crippen molar-refractivity contribution < 1.29 is 14.5 Å². The molecule has 0 saturated carbocycles. The summed E-state index contributed by atoms with van der Waals surface area (Å²) >= 11 is -1.35. The molecule has 1 spiro atoms. The number of aromatic nitrogens is 2. The number of likely N-dealkylation sites (tertiary alicyclic amines) is 1. The molecule has 1 atom stereocenters. The van der Waals surface area contributed by atoms with Gasteiger partial charge in [0, 0.05) is 43.7 Å². The number of hydrogen-bond donors (Lipinski definition) is 1. The van der Waals surface area contributed by atoms with Gasteiger partial charge in [-0.25, -0.2) is 4.79 Å². The Morgan fingerprint density at radius 3 is 2.58 bits per heavy atom. The second-order valence-corrected chi connectivity index (χ2v) is 9.60. The second-order valence-electron chi connectivity index (χ2n) is 7.69. The largest absolute Gasteiger partial charge is 0.591 e. The van der Waals surface area contributed by atoms with E-state index in [0.717, 1.165) is 23.4 Å². The van der Waals surface area contributed by atoms with Crippen LogP contribution >= 0.6 is 0 Å². The Morgan fingerprint density at radius 2 is 2.04 bits per heavy atom. The van der Waals surface area contributed by atoms with E-state index >= 15 is 0 Å². The van der Waals surface area contributed by atoms with E-state index in [0.29, 0.717) is 25.9 Å². The molecule has 8 heteroatoms. The molecule has 132 valence electrons. The van der Waals surface area contributed by atoms with E-state index < -0.39 is 22.2 Å². The molecule has 1 saturated heterocycles. The normalized spacial score (nSPS) is 22.9. The van der Waals surface area contributed by atoms with Crippen LogP contribution in [-0.4, -0.2) is 54.0 Å². The molecule has 1 aliphatic heterocycles. The van der Waals surface area contributed by atoms with Crippen LogP contribution in [0.2, 0.25) is 0 Å². The Bertz CT molecular complexity index is 684. The predicted octanol–water partition coefficient (Wildman–Crippen LogP) is 1.99. The molecule has 1 amide bonds. The lowest BCUT2D eigenvalue weighted by molar-refractivity contribution is 0.114. The van der Waals surface area contributed by atoms with E-state index in [-0.39, 0.29) is 5.41 Å². The van der Waals surface area contributed by atoms with Crippen molar-refractivity contribution in [3.05, 3.63) is 17.5 Å². The molecule has 0 aromatic carbocycles. The summed E-state index contributed by atoms with van der Waals surface area (Å²) in [5.41, 5.74) is 2.56. The van der Waals surface area contributed by atoms with Crippen LogP contribution in [0.25, 0.3) is 0 Å². The van der Waals surface area contributed by atoms with Crippen LogP contribution in [0.5, 0.6) is 0 Å². The molecule has 1 aromatic heterocycles. The summed E-state index contributed by atoms with van der Waals surface area (Å²) in [4.78, 5) is 12.6. The van der Waals surface area contributed by atoms with Gasteiger partial charge >= 0.3 is 6.09 Å². The maximum Gasteiger partial charge on any atom is 0.407 e. The first-order valence-electron chi connectivity index (χ1n) is 8.14. The fraction of sp³-hybridized carbons (Fsp3) is 0.688. The average Bonchev–Trinajstić information content (AvgIpc) is 2.94. The van der Waals surface area contributed by atoms with E-state index in [2.05, 4.69) is 9.50 Å². The third-order valence-electron chi connectivity index (χ3n) is 4.86. The molecule has 0 unspecified atom stereocenters. The Labute approximate surface area is 145 Å². The van der Waals surface area contributed by atoms with Crippen LogP contribution in [0.15, 0.2) is 10.6 Å². The lowest BCUT2D eigenvalue weighted by Crippen LogP contribution is -2.46. The standard InChI is InChI=1S/C16H24N4O3S/c1-15(2,3)24(23)18-13-11-10-19(4)17-12(11)9-16(13)5-7-20(8-6-16)14(21)22/h10H,5-9H2,1-4H3,(H,21,22)/b18-13-/t24-/m1/s1. The molecule has 1 fully saturated rings. The molecule has 7 nitrogen and oxygen atoms in total. The number of carbonyl (C=O) groups is 1. The van der Waals surface area contributed by atoms with E-state index in [1.165, 1.54) is 4.90 Å². The van der Waals surface area contributed by atoms with Gasteiger partial charge in [-0.05, 0) is 33.6 Å². The third-order valence-corrected chi connectivity index (χ3v) is 6.25. The van der Waals surface area contributed by atoms with E-state index in [9.17, 15) is 14.5 Å². The van der Waals surface area contributed by atoms with Crippen molar-refractivity contribution in [2.75, 3.05) is 13.1 Å².